The molecule has 4 rings (SSSR count). The first kappa shape index (κ1) is 27.6. The highest BCUT2D eigenvalue weighted by molar-refractivity contribution is 7.57. The van der Waals surface area contributed by atoms with E-state index in [1.807, 2.05) is 20.8 Å². The van der Waals surface area contributed by atoms with Crippen LogP contribution in [0.5, 0.6) is 17.2 Å². The second-order valence-electron chi connectivity index (χ2n) is 9.55. The number of nitrogens with two attached hydrogens (primary N) is 1. The molecule has 0 fully saturated rings. The van der Waals surface area contributed by atoms with E-state index < -0.39 is 25.6 Å². The predicted octanol–water partition coefficient (Wildman–Crippen LogP) is 3.34. The molecule has 3 N–H and O–H groups in total. The number of ether oxygens (including phenoxy) is 4. The van der Waals surface area contributed by atoms with Gasteiger partial charge in [0.05, 0.1) is 25.1 Å². The highest BCUT2D eigenvalue weighted by atomic mass is 31.2. The van der Waals surface area contributed by atoms with Gasteiger partial charge in [-0.3, -0.25) is 9.36 Å². The van der Waals surface area contributed by atoms with Crippen molar-refractivity contribution in [2.24, 2.45) is 5.92 Å². The molecule has 1 aliphatic rings. The standard InChI is InChI=1S/C24H33N6O7P/c1-14(2)20(24(31)36-15(3)4)29-38(32,37-17-6-7-18-19(8-17)34-12-33-18)13-35-16(5)9-30-11-28-21-22(25)26-10-27-23(21)30/h6-8,10-11,14-16,20H,9,12-13H2,1-5H3,(H,29,32)(H2,25,26,27). The molecule has 3 atom stereocenters. The van der Waals surface area contributed by atoms with Gasteiger partial charge < -0.3 is 33.8 Å². The molecule has 2 aromatic heterocycles. The Morgan fingerprint density at radius 2 is 1.92 bits per heavy atom. The Bertz CT molecular complexity index is 1330. The normalized spacial score (nSPS) is 16.0. The van der Waals surface area contributed by atoms with E-state index >= 15 is 0 Å². The maximum atomic E-state index is 14.2. The molecule has 206 valence electrons. The lowest BCUT2D eigenvalue weighted by Gasteiger charge is -2.28. The summed E-state index contributed by atoms with van der Waals surface area (Å²) in [4.78, 5) is 25.3. The molecule has 13 nitrogen and oxygen atoms in total. The quantitative estimate of drug-likeness (QED) is 0.251. The lowest BCUT2D eigenvalue weighted by molar-refractivity contribution is -0.150. The molecule has 14 heteroatoms. The number of nitrogen functional groups attached to an aromatic ring is 1. The van der Waals surface area contributed by atoms with Crippen LogP contribution in [0.25, 0.3) is 11.2 Å². The minimum absolute atomic E-state index is 0.0886. The topological polar surface area (TPSA) is 162 Å². The van der Waals surface area contributed by atoms with Gasteiger partial charge in [0.15, 0.2) is 23.0 Å². The number of carbonyl (C=O) groups is 1. The predicted molar refractivity (Wildman–Crippen MR) is 139 cm³/mol. The van der Waals surface area contributed by atoms with Gasteiger partial charge in [-0.15, -0.1) is 0 Å². The van der Waals surface area contributed by atoms with Gasteiger partial charge in [0.1, 0.15) is 30.0 Å². The van der Waals surface area contributed by atoms with E-state index in [0.717, 1.165) is 0 Å². The Labute approximate surface area is 220 Å². The molecular formula is C24H33N6O7P. The molecule has 1 aliphatic heterocycles. The fourth-order valence-corrected chi connectivity index (χ4v) is 5.68. The summed E-state index contributed by atoms with van der Waals surface area (Å²) in [5.74, 6) is 0.809. The number of esters is 1. The lowest BCUT2D eigenvalue weighted by Crippen LogP contribution is -2.42. The molecule has 3 unspecified atom stereocenters. The van der Waals surface area contributed by atoms with Crippen molar-refractivity contribution in [1.82, 2.24) is 24.6 Å². The van der Waals surface area contributed by atoms with Crippen molar-refractivity contribution >= 4 is 30.5 Å². The number of fused-ring (bicyclic) bond motifs is 2. The summed E-state index contributed by atoms with van der Waals surface area (Å²) in [5, 5.41) is 2.91. The van der Waals surface area contributed by atoms with Crippen molar-refractivity contribution in [3.8, 4) is 17.2 Å². The van der Waals surface area contributed by atoms with E-state index in [2.05, 4.69) is 20.0 Å². The smallest absolute Gasteiger partial charge is 0.342 e. The second kappa shape index (κ2) is 11.5. The van der Waals surface area contributed by atoms with Gasteiger partial charge in [-0.05, 0) is 38.8 Å². The molecular weight excluding hydrogens is 515 g/mol. The van der Waals surface area contributed by atoms with Crippen LogP contribution in [-0.4, -0.2) is 56.9 Å². The van der Waals surface area contributed by atoms with Gasteiger partial charge >= 0.3 is 13.5 Å². The lowest BCUT2D eigenvalue weighted by atomic mass is 10.1. The van der Waals surface area contributed by atoms with Gasteiger partial charge in [0, 0.05) is 6.07 Å². The first-order valence-corrected chi connectivity index (χ1v) is 14.0. The average molecular weight is 549 g/mol. The third kappa shape index (κ3) is 6.53. The zero-order valence-corrected chi connectivity index (χ0v) is 22.9. The largest absolute Gasteiger partial charge is 0.462 e. The number of imidazole rings is 1. The minimum atomic E-state index is -3.81. The number of hydrogen-bond acceptors (Lipinski definition) is 11. The van der Waals surface area contributed by atoms with Crippen molar-refractivity contribution in [2.75, 3.05) is 18.9 Å². The first-order chi connectivity index (χ1) is 18.0. The molecule has 1 aromatic carbocycles. The zero-order valence-electron chi connectivity index (χ0n) is 22.0. The molecule has 0 aliphatic carbocycles. The summed E-state index contributed by atoms with van der Waals surface area (Å²) in [6.07, 6.45) is 1.86. The van der Waals surface area contributed by atoms with Crippen LogP contribution in [0.3, 0.4) is 0 Å². The van der Waals surface area contributed by atoms with Crippen LogP contribution in [0.1, 0.15) is 34.6 Å². The van der Waals surface area contributed by atoms with Crippen LogP contribution >= 0.6 is 7.52 Å². The molecule has 3 heterocycles. The van der Waals surface area contributed by atoms with Gasteiger partial charge in [-0.1, -0.05) is 13.8 Å². The van der Waals surface area contributed by atoms with Gasteiger partial charge in [-0.2, -0.15) is 0 Å². The van der Waals surface area contributed by atoms with E-state index in [1.165, 1.54) is 6.33 Å². The number of carbonyl (C=O) groups excluding carboxylic acids is 1. The van der Waals surface area contributed by atoms with E-state index in [4.69, 9.17) is 29.2 Å². The minimum Gasteiger partial charge on any atom is -0.462 e. The average Bonchev–Trinajstić information content (AvgIpc) is 3.48. The monoisotopic (exact) mass is 548 g/mol. The van der Waals surface area contributed by atoms with Crippen LogP contribution < -0.4 is 24.8 Å². The Morgan fingerprint density at radius 3 is 2.66 bits per heavy atom. The van der Waals surface area contributed by atoms with Crippen molar-refractivity contribution in [3.05, 3.63) is 30.9 Å². The van der Waals surface area contributed by atoms with E-state index in [-0.39, 0.29) is 36.7 Å². The van der Waals surface area contributed by atoms with Crippen molar-refractivity contribution in [1.29, 1.82) is 0 Å². The summed E-state index contributed by atoms with van der Waals surface area (Å²) in [7, 11) is -3.81. The third-order valence-electron chi connectivity index (χ3n) is 5.62. The summed E-state index contributed by atoms with van der Waals surface area (Å²) in [6, 6.07) is 3.96. The van der Waals surface area contributed by atoms with Crippen LogP contribution in [0.4, 0.5) is 5.82 Å². The fourth-order valence-electron chi connectivity index (χ4n) is 3.77. The highest BCUT2D eigenvalue weighted by Crippen LogP contribution is 2.47. The van der Waals surface area contributed by atoms with E-state index in [9.17, 15) is 9.36 Å². The summed E-state index contributed by atoms with van der Waals surface area (Å²) < 4.78 is 44.0. The Balaban J connectivity index is 1.52. The van der Waals surface area contributed by atoms with Gasteiger partial charge in [-0.25, -0.2) is 20.0 Å². The number of hydrogen-bond donors (Lipinski definition) is 2. The number of aromatic nitrogens is 4. The zero-order chi connectivity index (χ0) is 27.4. The molecule has 0 saturated heterocycles. The molecule has 0 saturated carbocycles. The summed E-state index contributed by atoms with van der Waals surface area (Å²) in [6.45, 7) is 9.40. The van der Waals surface area contributed by atoms with Gasteiger partial charge in [0.25, 0.3) is 0 Å². The van der Waals surface area contributed by atoms with Crippen molar-refractivity contribution in [2.45, 2.75) is 59.4 Å². The van der Waals surface area contributed by atoms with Crippen LogP contribution in [0.2, 0.25) is 0 Å². The Kier molecular flexibility index (Phi) is 8.39. The van der Waals surface area contributed by atoms with Crippen molar-refractivity contribution in [3.63, 3.8) is 0 Å². The maximum Gasteiger partial charge on any atom is 0.342 e. The van der Waals surface area contributed by atoms with Crippen LogP contribution in [-0.2, 0) is 25.4 Å². The van der Waals surface area contributed by atoms with E-state index in [1.54, 1.807) is 42.9 Å². The molecule has 0 spiro atoms. The SMILES string of the molecule is CC(C)OC(=O)C(NP(=O)(COC(C)Cn1cnc2c(N)ncnc21)Oc1ccc2c(c1)OCO2)C(C)C. The molecule has 0 radical (unpaired) electrons. The van der Waals surface area contributed by atoms with Crippen LogP contribution in [0.15, 0.2) is 30.9 Å². The summed E-state index contributed by atoms with van der Waals surface area (Å²) in [5.41, 5.74) is 6.92. The van der Waals surface area contributed by atoms with E-state index in [0.29, 0.717) is 29.2 Å². The van der Waals surface area contributed by atoms with Crippen LogP contribution in [0, 0.1) is 5.92 Å². The molecule has 0 bridgehead atoms. The first-order valence-electron chi connectivity index (χ1n) is 12.2. The molecule has 3 aromatic rings. The summed E-state index contributed by atoms with van der Waals surface area (Å²) >= 11 is 0. The highest BCUT2D eigenvalue weighted by Gasteiger charge is 2.36. The fraction of sp³-hybridized carbons (Fsp3) is 0.500. The maximum absolute atomic E-state index is 14.2. The van der Waals surface area contributed by atoms with Crippen molar-refractivity contribution < 1.29 is 32.8 Å². The third-order valence-corrected chi connectivity index (χ3v) is 7.28. The number of rotatable bonds is 12. The number of nitrogens with one attached hydrogen (secondary N) is 1. The van der Waals surface area contributed by atoms with Gasteiger partial charge in [0.2, 0.25) is 6.79 Å². The Morgan fingerprint density at radius 1 is 1.16 bits per heavy atom. The number of benzene rings is 1. The number of anilines is 1. The molecule has 38 heavy (non-hydrogen) atoms. The number of nitrogens with zero attached hydrogens (tertiary/aromatic N) is 4. The Hall–Kier alpha value is -3.41. The second-order valence-corrected chi connectivity index (χ2v) is 11.6. The molecule has 0 amide bonds.